The molecular formula is C17H14BrN2O3S-. The molecule has 7 heteroatoms. The third-order valence-corrected chi connectivity index (χ3v) is 5.22. The lowest BCUT2D eigenvalue weighted by atomic mass is 10.0. The van der Waals surface area contributed by atoms with E-state index in [1.807, 2.05) is 41.8 Å². The van der Waals surface area contributed by atoms with Crippen molar-refractivity contribution in [2.75, 3.05) is 0 Å². The molecule has 24 heavy (non-hydrogen) atoms. The Labute approximate surface area is 151 Å². The van der Waals surface area contributed by atoms with Gasteiger partial charge in [0.15, 0.2) is 0 Å². The Bertz CT molecular complexity index is 772. The van der Waals surface area contributed by atoms with Gasteiger partial charge in [-0.25, -0.2) is 5.01 Å². The van der Waals surface area contributed by atoms with Gasteiger partial charge in [0.05, 0.1) is 16.6 Å². The molecule has 1 atom stereocenters. The van der Waals surface area contributed by atoms with Crippen LogP contribution in [0, 0.1) is 0 Å². The van der Waals surface area contributed by atoms with Gasteiger partial charge in [0.25, 0.3) is 0 Å². The van der Waals surface area contributed by atoms with E-state index in [1.165, 1.54) is 5.01 Å². The maximum atomic E-state index is 12.4. The second kappa shape index (κ2) is 7.27. The molecule has 1 amide bonds. The number of amides is 1. The van der Waals surface area contributed by atoms with E-state index in [0.29, 0.717) is 6.42 Å². The zero-order chi connectivity index (χ0) is 17.1. The molecule has 0 saturated carbocycles. The van der Waals surface area contributed by atoms with Gasteiger partial charge in [-0.15, -0.1) is 11.3 Å². The molecule has 5 nitrogen and oxygen atoms in total. The number of carboxylic acid groups (broad SMARTS) is 1. The number of carbonyl (C=O) groups is 2. The van der Waals surface area contributed by atoms with Gasteiger partial charge in [0.1, 0.15) is 0 Å². The van der Waals surface area contributed by atoms with Crippen molar-refractivity contribution in [2.24, 2.45) is 5.10 Å². The van der Waals surface area contributed by atoms with Crippen molar-refractivity contribution in [3.63, 3.8) is 0 Å². The second-order valence-corrected chi connectivity index (χ2v) is 7.27. The molecule has 2 heterocycles. The third kappa shape index (κ3) is 3.73. The lowest BCUT2D eigenvalue weighted by molar-refractivity contribution is -0.305. The first-order valence-electron chi connectivity index (χ1n) is 7.43. The number of thiophene rings is 1. The average Bonchev–Trinajstić information content (AvgIpc) is 3.22. The summed E-state index contributed by atoms with van der Waals surface area (Å²) < 4.78 is 0.957. The van der Waals surface area contributed by atoms with Gasteiger partial charge in [-0.2, -0.15) is 5.10 Å². The predicted molar refractivity (Wildman–Crippen MR) is 93.4 cm³/mol. The van der Waals surface area contributed by atoms with Crippen LogP contribution < -0.4 is 5.11 Å². The molecule has 1 aromatic carbocycles. The molecule has 0 bridgehead atoms. The summed E-state index contributed by atoms with van der Waals surface area (Å²) >= 11 is 4.97. The number of nitrogens with zero attached hydrogens (tertiary/aromatic N) is 2. The topological polar surface area (TPSA) is 72.8 Å². The van der Waals surface area contributed by atoms with E-state index in [-0.39, 0.29) is 24.8 Å². The highest BCUT2D eigenvalue weighted by Gasteiger charge is 2.33. The van der Waals surface area contributed by atoms with Crippen molar-refractivity contribution in [3.8, 4) is 0 Å². The van der Waals surface area contributed by atoms with Crippen LogP contribution in [-0.4, -0.2) is 22.6 Å². The molecule has 0 N–H and O–H groups in total. The summed E-state index contributed by atoms with van der Waals surface area (Å²) in [7, 11) is 0. The SMILES string of the molecule is O=C([O-])CCC(=O)N1N=C(c2cccs2)C[C@H]1c1ccc(Br)cc1. The number of carboxylic acids is 1. The minimum absolute atomic E-state index is 0.115. The fourth-order valence-electron chi connectivity index (χ4n) is 2.60. The van der Waals surface area contributed by atoms with Gasteiger partial charge in [0.2, 0.25) is 5.91 Å². The van der Waals surface area contributed by atoms with E-state index < -0.39 is 5.97 Å². The molecular weight excluding hydrogens is 392 g/mol. The van der Waals surface area contributed by atoms with E-state index in [0.717, 1.165) is 20.6 Å². The van der Waals surface area contributed by atoms with Crippen LogP contribution in [0.25, 0.3) is 0 Å². The lowest BCUT2D eigenvalue weighted by Crippen LogP contribution is -2.29. The Morgan fingerprint density at radius 3 is 2.62 bits per heavy atom. The van der Waals surface area contributed by atoms with Crippen LogP contribution in [0.1, 0.15) is 35.7 Å². The van der Waals surface area contributed by atoms with Gasteiger partial charge in [-0.05, 0) is 35.6 Å². The number of hydrogen-bond donors (Lipinski definition) is 0. The molecule has 0 aliphatic carbocycles. The Morgan fingerprint density at radius 1 is 1.25 bits per heavy atom. The molecule has 0 unspecified atom stereocenters. The smallest absolute Gasteiger partial charge is 0.243 e. The van der Waals surface area contributed by atoms with Crippen molar-refractivity contribution >= 4 is 44.9 Å². The van der Waals surface area contributed by atoms with E-state index in [1.54, 1.807) is 11.3 Å². The maximum Gasteiger partial charge on any atom is 0.243 e. The molecule has 0 saturated heterocycles. The lowest BCUT2D eigenvalue weighted by Gasteiger charge is -2.22. The van der Waals surface area contributed by atoms with Crippen LogP contribution >= 0.6 is 27.3 Å². The van der Waals surface area contributed by atoms with E-state index in [4.69, 9.17) is 0 Å². The van der Waals surface area contributed by atoms with Crippen molar-refractivity contribution in [3.05, 3.63) is 56.7 Å². The largest absolute Gasteiger partial charge is 0.550 e. The Kier molecular flexibility index (Phi) is 5.11. The summed E-state index contributed by atoms with van der Waals surface area (Å²) in [5.74, 6) is -1.54. The number of benzene rings is 1. The monoisotopic (exact) mass is 405 g/mol. The third-order valence-electron chi connectivity index (χ3n) is 3.77. The molecule has 124 valence electrons. The molecule has 1 aliphatic rings. The first-order chi connectivity index (χ1) is 11.5. The van der Waals surface area contributed by atoms with Gasteiger partial charge in [-0.1, -0.05) is 34.1 Å². The summed E-state index contributed by atoms with van der Waals surface area (Å²) in [5, 5.41) is 18.5. The number of halogens is 1. The second-order valence-electron chi connectivity index (χ2n) is 5.41. The predicted octanol–water partition coefficient (Wildman–Crippen LogP) is 2.72. The van der Waals surface area contributed by atoms with Gasteiger partial charge in [0, 0.05) is 23.3 Å². The van der Waals surface area contributed by atoms with Crippen LogP contribution in [0.4, 0.5) is 0 Å². The highest BCUT2D eigenvalue weighted by Crippen LogP contribution is 2.34. The van der Waals surface area contributed by atoms with Crippen molar-refractivity contribution in [1.29, 1.82) is 0 Å². The van der Waals surface area contributed by atoms with Gasteiger partial charge >= 0.3 is 0 Å². The van der Waals surface area contributed by atoms with Crippen LogP contribution in [0.15, 0.2) is 51.4 Å². The zero-order valence-electron chi connectivity index (χ0n) is 12.6. The van der Waals surface area contributed by atoms with Crippen LogP contribution in [-0.2, 0) is 9.59 Å². The normalized spacial score (nSPS) is 17.0. The quantitative estimate of drug-likeness (QED) is 0.767. The summed E-state index contributed by atoms with van der Waals surface area (Å²) in [4.78, 5) is 24.1. The molecule has 1 aromatic heterocycles. The van der Waals surface area contributed by atoms with Gasteiger partial charge < -0.3 is 9.90 Å². The summed E-state index contributed by atoms with van der Waals surface area (Å²) in [6.07, 6.45) is 0.196. The van der Waals surface area contributed by atoms with Crippen molar-refractivity contribution in [2.45, 2.75) is 25.3 Å². The number of hydrogen-bond acceptors (Lipinski definition) is 5. The zero-order valence-corrected chi connectivity index (χ0v) is 15.0. The molecule has 1 aliphatic heterocycles. The van der Waals surface area contributed by atoms with Crippen LogP contribution in [0.5, 0.6) is 0 Å². The fraction of sp³-hybridized carbons (Fsp3) is 0.235. The van der Waals surface area contributed by atoms with E-state index >= 15 is 0 Å². The Morgan fingerprint density at radius 2 is 2.00 bits per heavy atom. The summed E-state index contributed by atoms with van der Waals surface area (Å²) in [6, 6.07) is 11.4. The summed E-state index contributed by atoms with van der Waals surface area (Å²) in [5.41, 5.74) is 1.81. The van der Waals surface area contributed by atoms with Crippen LogP contribution in [0.3, 0.4) is 0 Å². The van der Waals surface area contributed by atoms with Crippen LogP contribution in [0.2, 0.25) is 0 Å². The molecule has 0 fully saturated rings. The molecule has 2 aromatic rings. The maximum absolute atomic E-state index is 12.4. The Hall–Kier alpha value is -1.99. The number of hydrazone groups is 1. The van der Waals surface area contributed by atoms with E-state index in [9.17, 15) is 14.7 Å². The average molecular weight is 406 g/mol. The number of carbonyl (C=O) groups excluding carboxylic acids is 2. The number of rotatable bonds is 5. The van der Waals surface area contributed by atoms with Crippen molar-refractivity contribution in [1.82, 2.24) is 5.01 Å². The highest BCUT2D eigenvalue weighted by atomic mass is 79.9. The first kappa shape index (κ1) is 16.9. The number of aliphatic carboxylic acids is 1. The summed E-state index contributed by atoms with van der Waals surface area (Å²) in [6.45, 7) is 0. The minimum Gasteiger partial charge on any atom is -0.550 e. The molecule has 3 rings (SSSR count). The standard InChI is InChI=1S/C17H15BrN2O3S/c18-12-5-3-11(4-6-12)14-10-13(15-2-1-9-24-15)19-20(14)16(21)7-8-17(22)23/h1-6,9,14H,7-8,10H2,(H,22,23)/p-1/t14-/m0/s1. The molecule has 0 spiro atoms. The highest BCUT2D eigenvalue weighted by molar-refractivity contribution is 9.10. The fourth-order valence-corrected chi connectivity index (χ4v) is 3.59. The van der Waals surface area contributed by atoms with E-state index in [2.05, 4.69) is 21.0 Å². The first-order valence-corrected chi connectivity index (χ1v) is 9.10. The Balaban J connectivity index is 1.87. The van der Waals surface area contributed by atoms with Crippen molar-refractivity contribution < 1.29 is 14.7 Å². The minimum atomic E-state index is -1.23. The van der Waals surface area contributed by atoms with Gasteiger partial charge in [-0.3, -0.25) is 4.79 Å². The molecule has 0 radical (unpaired) electrons.